The first kappa shape index (κ1) is 22.1. The molecule has 0 fully saturated rings. The van der Waals surface area contributed by atoms with E-state index in [2.05, 4.69) is 10.3 Å². The lowest BCUT2D eigenvalue weighted by atomic mass is 10.1. The van der Waals surface area contributed by atoms with Crippen LogP contribution in [0.25, 0.3) is 0 Å². The fourth-order valence-corrected chi connectivity index (χ4v) is 3.18. The third kappa shape index (κ3) is 6.70. The first-order chi connectivity index (χ1) is 15.0. The molecule has 0 radical (unpaired) electrons. The van der Waals surface area contributed by atoms with Crippen LogP contribution in [0, 0.1) is 0 Å². The average molecular weight is 421 g/mol. The number of ether oxygens (including phenoxy) is 1. The van der Waals surface area contributed by atoms with E-state index >= 15 is 0 Å². The first-order valence-corrected chi connectivity index (χ1v) is 10.4. The molecular weight excluding hydrogens is 392 g/mol. The van der Waals surface area contributed by atoms with Gasteiger partial charge < -0.3 is 19.5 Å². The smallest absolute Gasteiger partial charge is 0.322 e. The fourth-order valence-electron chi connectivity index (χ4n) is 3.18. The van der Waals surface area contributed by atoms with E-state index in [1.54, 1.807) is 41.7 Å². The number of nitrogens with zero attached hydrogens (tertiary/aromatic N) is 3. The molecule has 0 unspecified atom stereocenters. The first-order valence-electron chi connectivity index (χ1n) is 10.4. The third-order valence-corrected chi connectivity index (χ3v) is 4.84. The number of hydrogen-bond acceptors (Lipinski definition) is 4. The molecule has 0 atom stereocenters. The molecule has 7 nitrogen and oxygen atoms in total. The van der Waals surface area contributed by atoms with Gasteiger partial charge in [0.15, 0.2) is 5.78 Å². The highest BCUT2D eigenvalue weighted by atomic mass is 16.5. The Kier molecular flexibility index (Phi) is 7.81. The number of nitrogens with one attached hydrogen (secondary N) is 1. The van der Waals surface area contributed by atoms with Crippen molar-refractivity contribution in [3.63, 3.8) is 0 Å². The standard InChI is InChI=1S/C24H28N4O3/c1-3-31-23-11-5-20(6-12-23)17-28(15-4-14-27-16-13-25-18-27)24(30)26-22-9-7-21(8-10-22)19(2)29/h5-13,16,18H,3-4,14-15,17H2,1-2H3,(H,26,30). The summed E-state index contributed by atoms with van der Waals surface area (Å²) in [7, 11) is 0. The van der Waals surface area contributed by atoms with Gasteiger partial charge in [-0.05, 0) is 62.2 Å². The number of Topliss-reactive ketones (excluding diaryl/α,β-unsaturated/α-hetero) is 1. The van der Waals surface area contributed by atoms with Gasteiger partial charge in [0.2, 0.25) is 0 Å². The minimum Gasteiger partial charge on any atom is -0.494 e. The van der Waals surface area contributed by atoms with Crippen LogP contribution in [0.2, 0.25) is 0 Å². The number of urea groups is 1. The predicted molar refractivity (Wildman–Crippen MR) is 120 cm³/mol. The van der Waals surface area contributed by atoms with Crippen LogP contribution in [-0.4, -0.2) is 39.4 Å². The Balaban J connectivity index is 1.66. The molecule has 0 aliphatic carbocycles. The van der Waals surface area contributed by atoms with Crippen molar-refractivity contribution in [1.82, 2.24) is 14.5 Å². The molecule has 2 amide bonds. The molecule has 31 heavy (non-hydrogen) atoms. The van der Waals surface area contributed by atoms with Crippen molar-refractivity contribution in [1.29, 1.82) is 0 Å². The predicted octanol–water partition coefficient (Wildman–Crippen LogP) is 4.61. The van der Waals surface area contributed by atoms with Gasteiger partial charge >= 0.3 is 6.03 Å². The highest BCUT2D eigenvalue weighted by Crippen LogP contribution is 2.16. The molecule has 0 bridgehead atoms. The lowest BCUT2D eigenvalue weighted by Gasteiger charge is -2.23. The summed E-state index contributed by atoms with van der Waals surface area (Å²) in [4.78, 5) is 30.3. The van der Waals surface area contributed by atoms with Gasteiger partial charge in [-0.3, -0.25) is 4.79 Å². The van der Waals surface area contributed by atoms with Crippen molar-refractivity contribution in [2.24, 2.45) is 0 Å². The average Bonchev–Trinajstić information content (AvgIpc) is 3.28. The number of imidazole rings is 1. The summed E-state index contributed by atoms with van der Waals surface area (Å²) in [6, 6.07) is 14.5. The number of carbonyl (C=O) groups excluding carboxylic acids is 2. The van der Waals surface area contributed by atoms with Gasteiger partial charge in [-0.1, -0.05) is 12.1 Å². The Morgan fingerprint density at radius 3 is 2.45 bits per heavy atom. The molecule has 0 aliphatic heterocycles. The van der Waals surface area contributed by atoms with Crippen molar-refractivity contribution in [3.05, 3.63) is 78.4 Å². The van der Waals surface area contributed by atoms with Crippen LogP contribution in [0.1, 0.15) is 36.2 Å². The number of hydrogen-bond donors (Lipinski definition) is 1. The topological polar surface area (TPSA) is 76.5 Å². The van der Waals surface area contributed by atoms with Crippen molar-refractivity contribution in [3.8, 4) is 5.75 Å². The Morgan fingerprint density at radius 2 is 1.84 bits per heavy atom. The Bertz CT molecular complexity index is 967. The summed E-state index contributed by atoms with van der Waals surface area (Å²) in [5.74, 6) is 0.808. The summed E-state index contributed by atoms with van der Waals surface area (Å²) < 4.78 is 7.49. The zero-order valence-corrected chi connectivity index (χ0v) is 18.0. The van der Waals surface area contributed by atoms with Gasteiger partial charge in [-0.2, -0.15) is 0 Å². The van der Waals surface area contributed by atoms with Crippen molar-refractivity contribution >= 4 is 17.5 Å². The maximum Gasteiger partial charge on any atom is 0.322 e. The number of carbonyl (C=O) groups is 2. The summed E-state index contributed by atoms with van der Waals surface area (Å²) in [6.45, 7) is 5.93. The zero-order valence-electron chi connectivity index (χ0n) is 18.0. The third-order valence-electron chi connectivity index (χ3n) is 4.84. The van der Waals surface area contributed by atoms with E-state index in [1.165, 1.54) is 6.92 Å². The number of rotatable bonds is 10. The van der Waals surface area contributed by atoms with E-state index in [0.29, 0.717) is 30.9 Å². The fraction of sp³-hybridized carbons (Fsp3) is 0.292. The van der Waals surface area contributed by atoms with E-state index < -0.39 is 0 Å². The molecule has 1 heterocycles. The minimum absolute atomic E-state index is 0.00509. The molecule has 0 saturated carbocycles. The summed E-state index contributed by atoms with van der Waals surface area (Å²) >= 11 is 0. The Morgan fingerprint density at radius 1 is 1.10 bits per heavy atom. The largest absolute Gasteiger partial charge is 0.494 e. The highest BCUT2D eigenvalue weighted by Gasteiger charge is 2.15. The van der Waals surface area contributed by atoms with E-state index in [-0.39, 0.29) is 11.8 Å². The van der Waals surface area contributed by atoms with Gasteiger partial charge in [-0.15, -0.1) is 0 Å². The van der Waals surface area contributed by atoms with Gasteiger partial charge in [0, 0.05) is 43.3 Å². The number of amides is 2. The van der Waals surface area contributed by atoms with Crippen LogP contribution < -0.4 is 10.1 Å². The van der Waals surface area contributed by atoms with Crippen molar-refractivity contribution < 1.29 is 14.3 Å². The summed E-state index contributed by atoms with van der Waals surface area (Å²) in [5.41, 5.74) is 2.29. The molecule has 0 spiro atoms. The van der Waals surface area contributed by atoms with E-state index in [0.717, 1.165) is 24.3 Å². The van der Waals surface area contributed by atoms with Gasteiger partial charge in [0.25, 0.3) is 0 Å². The van der Waals surface area contributed by atoms with E-state index in [9.17, 15) is 9.59 Å². The zero-order chi connectivity index (χ0) is 22.1. The van der Waals surface area contributed by atoms with E-state index in [1.807, 2.05) is 42.0 Å². The summed E-state index contributed by atoms with van der Waals surface area (Å²) in [6.07, 6.45) is 6.22. The van der Waals surface area contributed by atoms with Crippen LogP contribution in [0.3, 0.4) is 0 Å². The molecule has 7 heteroatoms. The number of ketones is 1. The maximum atomic E-state index is 13.0. The van der Waals surface area contributed by atoms with Gasteiger partial charge in [-0.25, -0.2) is 9.78 Å². The molecule has 1 aromatic heterocycles. The SMILES string of the molecule is CCOc1ccc(CN(CCCn2ccnc2)C(=O)Nc2ccc(C(C)=O)cc2)cc1. The molecular formula is C24H28N4O3. The van der Waals surface area contributed by atoms with Crippen LogP contribution in [0.15, 0.2) is 67.3 Å². The Hall–Kier alpha value is -3.61. The number of aryl methyl sites for hydroxylation is 1. The maximum absolute atomic E-state index is 13.0. The van der Waals surface area contributed by atoms with Crippen molar-refractivity contribution in [2.75, 3.05) is 18.5 Å². The number of anilines is 1. The van der Waals surface area contributed by atoms with Crippen LogP contribution in [0.4, 0.5) is 10.5 Å². The second-order valence-corrected chi connectivity index (χ2v) is 7.22. The Labute approximate surface area is 182 Å². The quantitative estimate of drug-likeness (QED) is 0.486. The second kappa shape index (κ2) is 11.0. The van der Waals surface area contributed by atoms with Crippen LogP contribution in [0.5, 0.6) is 5.75 Å². The highest BCUT2D eigenvalue weighted by molar-refractivity contribution is 5.95. The monoisotopic (exact) mass is 420 g/mol. The normalized spacial score (nSPS) is 10.5. The van der Waals surface area contributed by atoms with Gasteiger partial charge in [0.05, 0.1) is 12.9 Å². The second-order valence-electron chi connectivity index (χ2n) is 7.22. The lowest BCUT2D eigenvalue weighted by molar-refractivity contribution is 0.101. The lowest BCUT2D eigenvalue weighted by Crippen LogP contribution is -2.35. The number of benzene rings is 2. The minimum atomic E-state index is -0.185. The number of aromatic nitrogens is 2. The van der Waals surface area contributed by atoms with E-state index in [4.69, 9.17) is 4.74 Å². The molecule has 0 aliphatic rings. The van der Waals surface area contributed by atoms with Crippen LogP contribution >= 0.6 is 0 Å². The molecule has 1 N–H and O–H groups in total. The molecule has 162 valence electrons. The van der Waals surface area contributed by atoms with Crippen molar-refractivity contribution in [2.45, 2.75) is 33.4 Å². The van der Waals surface area contributed by atoms with Crippen LogP contribution in [-0.2, 0) is 13.1 Å². The molecule has 3 rings (SSSR count). The molecule has 0 saturated heterocycles. The summed E-state index contributed by atoms with van der Waals surface area (Å²) in [5, 5.41) is 2.94. The molecule has 2 aromatic carbocycles. The van der Waals surface area contributed by atoms with Gasteiger partial charge in [0.1, 0.15) is 5.75 Å². The molecule has 3 aromatic rings.